The maximum Gasteiger partial charge on any atom is 0.313 e. The average molecular weight is 329 g/mol. The highest BCUT2D eigenvalue weighted by Crippen LogP contribution is 2.39. The summed E-state index contributed by atoms with van der Waals surface area (Å²) in [5.74, 6) is -0.915. The average Bonchev–Trinajstić information content (AvgIpc) is 2.63. The van der Waals surface area contributed by atoms with Crippen molar-refractivity contribution in [3.8, 4) is 0 Å². The fourth-order valence-electron chi connectivity index (χ4n) is 3.91. The van der Waals surface area contributed by atoms with Gasteiger partial charge >= 0.3 is 11.8 Å². The highest BCUT2D eigenvalue weighted by molar-refractivity contribution is 6.39. The van der Waals surface area contributed by atoms with Crippen molar-refractivity contribution in [2.75, 3.05) is 31.5 Å². The number of amides is 2. The highest BCUT2D eigenvalue weighted by atomic mass is 16.2. The Kier molecular flexibility index (Phi) is 5.19. The number of nitrogens with one attached hydrogen (secondary N) is 2. The molecule has 0 saturated carbocycles. The Morgan fingerprint density at radius 1 is 1.12 bits per heavy atom. The van der Waals surface area contributed by atoms with E-state index in [9.17, 15) is 9.59 Å². The predicted octanol–water partition coefficient (Wildman–Crippen LogP) is 2.18. The van der Waals surface area contributed by atoms with E-state index in [2.05, 4.69) is 10.6 Å². The molecule has 2 amide bonds. The monoisotopic (exact) mass is 329 g/mol. The van der Waals surface area contributed by atoms with E-state index in [4.69, 9.17) is 0 Å². The van der Waals surface area contributed by atoms with Crippen LogP contribution in [-0.2, 0) is 16.0 Å². The van der Waals surface area contributed by atoms with Gasteiger partial charge in [-0.05, 0) is 62.2 Å². The zero-order valence-electron chi connectivity index (χ0n) is 14.4. The lowest BCUT2D eigenvalue weighted by atomic mass is 9.71. The van der Waals surface area contributed by atoms with Crippen molar-refractivity contribution in [2.24, 2.45) is 5.41 Å². The summed E-state index contributed by atoms with van der Waals surface area (Å²) in [5.41, 5.74) is 2.17. The van der Waals surface area contributed by atoms with Crippen molar-refractivity contribution in [3.63, 3.8) is 0 Å². The lowest BCUT2D eigenvalue weighted by Crippen LogP contribution is -2.49. The predicted molar refractivity (Wildman–Crippen MR) is 94.8 cm³/mol. The molecule has 0 radical (unpaired) electrons. The summed E-state index contributed by atoms with van der Waals surface area (Å²) in [4.78, 5) is 26.5. The van der Waals surface area contributed by atoms with Gasteiger partial charge in [0.2, 0.25) is 0 Å². The number of carbonyl (C=O) groups excluding carboxylic acids is 2. The second-order valence-electron chi connectivity index (χ2n) is 7.01. The van der Waals surface area contributed by atoms with Crippen LogP contribution >= 0.6 is 0 Å². The molecule has 5 nitrogen and oxygen atoms in total. The number of aryl methyl sites for hydroxylation is 1. The van der Waals surface area contributed by atoms with Crippen molar-refractivity contribution in [1.29, 1.82) is 0 Å². The molecule has 2 saturated heterocycles. The molecule has 2 aliphatic rings. The van der Waals surface area contributed by atoms with Gasteiger partial charge in [-0.1, -0.05) is 25.1 Å². The van der Waals surface area contributed by atoms with Crippen molar-refractivity contribution in [3.05, 3.63) is 29.8 Å². The standard InChI is InChI=1S/C19H27N3O2/c1-2-15-5-3-4-6-16(15)21-17(23)18(24)22-13-9-19(10-14-22)7-11-20-12-8-19/h3-6,20H,2,7-14H2,1H3,(H,21,23). The summed E-state index contributed by atoms with van der Waals surface area (Å²) in [5, 5.41) is 6.19. The van der Waals surface area contributed by atoms with Crippen LogP contribution in [0.5, 0.6) is 0 Å². The Labute approximate surface area is 143 Å². The smallest absolute Gasteiger partial charge is 0.313 e. The largest absolute Gasteiger partial charge is 0.334 e. The second-order valence-corrected chi connectivity index (χ2v) is 7.01. The molecule has 0 aliphatic carbocycles. The SMILES string of the molecule is CCc1ccccc1NC(=O)C(=O)N1CCC2(CCNCC2)CC1. The van der Waals surface area contributed by atoms with Gasteiger partial charge in [0.05, 0.1) is 0 Å². The zero-order chi connectivity index (χ0) is 17.0. The molecule has 130 valence electrons. The fraction of sp³-hybridized carbons (Fsp3) is 0.579. The number of piperidine rings is 2. The molecular formula is C19H27N3O2. The fourth-order valence-corrected chi connectivity index (χ4v) is 3.91. The Morgan fingerprint density at radius 3 is 2.46 bits per heavy atom. The normalized spacial score (nSPS) is 20.0. The van der Waals surface area contributed by atoms with E-state index >= 15 is 0 Å². The Balaban J connectivity index is 1.57. The molecule has 2 fully saturated rings. The molecular weight excluding hydrogens is 302 g/mol. The minimum Gasteiger partial charge on any atom is -0.334 e. The van der Waals surface area contributed by atoms with E-state index in [0.29, 0.717) is 18.5 Å². The lowest BCUT2D eigenvalue weighted by molar-refractivity contribution is -0.145. The van der Waals surface area contributed by atoms with Crippen molar-refractivity contribution >= 4 is 17.5 Å². The van der Waals surface area contributed by atoms with E-state index < -0.39 is 11.8 Å². The minimum absolute atomic E-state index is 0.382. The van der Waals surface area contributed by atoms with Crippen LogP contribution in [-0.4, -0.2) is 42.9 Å². The van der Waals surface area contributed by atoms with E-state index in [1.54, 1.807) is 4.90 Å². The number of anilines is 1. The van der Waals surface area contributed by atoms with Crippen LogP contribution in [0, 0.1) is 5.41 Å². The van der Waals surface area contributed by atoms with Gasteiger partial charge in [0.15, 0.2) is 0 Å². The molecule has 0 unspecified atom stereocenters. The van der Waals surface area contributed by atoms with Crippen molar-refractivity contribution in [1.82, 2.24) is 10.2 Å². The van der Waals surface area contributed by atoms with Crippen molar-refractivity contribution in [2.45, 2.75) is 39.0 Å². The zero-order valence-corrected chi connectivity index (χ0v) is 14.4. The third-order valence-corrected chi connectivity index (χ3v) is 5.62. The molecule has 5 heteroatoms. The van der Waals surface area contributed by atoms with Crippen LogP contribution in [0.1, 0.15) is 38.2 Å². The number of rotatable bonds is 2. The molecule has 0 atom stereocenters. The number of nitrogens with zero attached hydrogens (tertiary/aromatic N) is 1. The maximum atomic E-state index is 12.5. The number of likely N-dealkylation sites (tertiary alicyclic amines) is 1. The summed E-state index contributed by atoms with van der Waals surface area (Å²) in [6.07, 6.45) is 5.22. The van der Waals surface area contributed by atoms with Crippen LogP contribution in [0.25, 0.3) is 0 Å². The van der Waals surface area contributed by atoms with Gasteiger partial charge in [-0.15, -0.1) is 0 Å². The second kappa shape index (κ2) is 7.34. The quantitative estimate of drug-likeness (QED) is 0.818. The first kappa shape index (κ1) is 17.0. The lowest BCUT2D eigenvalue weighted by Gasteiger charge is -2.44. The summed E-state index contributed by atoms with van der Waals surface area (Å²) < 4.78 is 0. The molecule has 0 bridgehead atoms. The molecule has 2 aliphatic heterocycles. The Bertz CT molecular complexity index is 598. The molecule has 0 aromatic heterocycles. The van der Waals surface area contributed by atoms with Crippen molar-refractivity contribution < 1.29 is 9.59 Å². The molecule has 3 rings (SSSR count). The Morgan fingerprint density at radius 2 is 1.79 bits per heavy atom. The molecule has 1 aromatic rings. The number of carbonyl (C=O) groups is 2. The molecule has 2 N–H and O–H groups in total. The number of para-hydroxylation sites is 1. The number of hydrogen-bond acceptors (Lipinski definition) is 3. The van der Waals surface area contributed by atoms with Gasteiger partial charge in [0.1, 0.15) is 0 Å². The number of hydrogen-bond donors (Lipinski definition) is 2. The van der Waals surface area contributed by atoms with E-state index in [1.807, 2.05) is 31.2 Å². The van der Waals surface area contributed by atoms with Crippen LogP contribution in [0.2, 0.25) is 0 Å². The van der Waals surface area contributed by atoms with Gasteiger partial charge in [0, 0.05) is 18.8 Å². The van der Waals surface area contributed by atoms with Gasteiger partial charge in [-0.2, -0.15) is 0 Å². The van der Waals surface area contributed by atoms with E-state index in [-0.39, 0.29) is 0 Å². The van der Waals surface area contributed by atoms with Gasteiger partial charge in [-0.25, -0.2) is 0 Å². The summed E-state index contributed by atoms with van der Waals surface area (Å²) in [6.45, 7) is 5.57. The highest BCUT2D eigenvalue weighted by Gasteiger charge is 2.37. The number of benzene rings is 1. The first-order valence-electron chi connectivity index (χ1n) is 9.02. The van der Waals surface area contributed by atoms with Gasteiger partial charge in [-0.3, -0.25) is 9.59 Å². The van der Waals surface area contributed by atoms with Crippen LogP contribution < -0.4 is 10.6 Å². The topological polar surface area (TPSA) is 61.4 Å². The molecule has 1 spiro atoms. The van der Waals surface area contributed by atoms with E-state index in [0.717, 1.165) is 43.6 Å². The third-order valence-electron chi connectivity index (χ3n) is 5.62. The molecule has 1 aromatic carbocycles. The maximum absolute atomic E-state index is 12.5. The van der Waals surface area contributed by atoms with Crippen LogP contribution in [0.15, 0.2) is 24.3 Å². The summed E-state index contributed by atoms with van der Waals surface area (Å²) in [7, 11) is 0. The van der Waals surface area contributed by atoms with Gasteiger partial charge in [0.25, 0.3) is 0 Å². The van der Waals surface area contributed by atoms with Gasteiger partial charge < -0.3 is 15.5 Å². The first-order chi connectivity index (χ1) is 11.6. The summed E-state index contributed by atoms with van der Waals surface area (Å²) >= 11 is 0. The minimum atomic E-state index is -0.517. The molecule has 2 heterocycles. The first-order valence-corrected chi connectivity index (χ1v) is 9.02. The third kappa shape index (κ3) is 3.61. The summed E-state index contributed by atoms with van der Waals surface area (Å²) in [6, 6.07) is 7.65. The van der Waals surface area contributed by atoms with E-state index in [1.165, 1.54) is 12.8 Å². The Hall–Kier alpha value is -1.88. The van der Waals surface area contributed by atoms with Crippen LogP contribution in [0.4, 0.5) is 5.69 Å². The molecule has 24 heavy (non-hydrogen) atoms. The van der Waals surface area contributed by atoms with Crippen LogP contribution in [0.3, 0.4) is 0 Å².